The lowest BCUT2D eigenvalue weighted by Gasteiger charge is -2.35. The number of halogens is 3. The molecule has 0 saturated carbocycles. The smallest absolute Gasteiger partial charge is 0.406 e. The van der Waals surface area contributed by atoms with E-state index in [9.17, 15) is 37.5 Å². The van der Waals surface area contributed by atoms with E-state index in [2.05, 4.69) is 30.3 Å². The van der Waals surface area contributed by atoms with E-state index in [1.165, 1.54) is 29.4 Å². The molecular formula is C57H68F3N9O10S. The maximum atomic E-state index is 14.1. The minimum absolute atomic E-state index is 0.00388. The Morgan fingerprint density at radius 1 is 0.863 bits per heavy atom. The van der Waals surface area contributed by atoms with Crippen LogP contribution in [-0.2, 0) is 57.5 Å². The number of fused-ring (bicyclic) bond motifs is 2. The molecule has 0 aliphatic carbocycles. The Morgan fingerprint density at radius 2 is 1.55 bits per heavy atom. The summed E-state index contributed by atoms with van der Waals surface area (Å²) >= 11 is 1.56. The fourth-order valence-electron chi connectivity index (χ4n) is 9.83. The largest absolute Gasteiger partial charge is 0.573 e. The Hall–Kier alpha value is -7.02. The number of benzene rings is 3. The summed E-state index contributed by atoms with van der Waals surface area (Å²) in [5, 5.41) is 17.2. The highest BCUT2D eigenvalue weighted by molar-refractivity contribution is 7.13. The lowest BCUT2D eigenvalue weighted by Crippen LogP contribution is -2.58. The molecule has 4 atom stereocenters. The number of alkyl halides is 3. The van der Waals surface area contributed by atoms with Crippen molar-refractivity contribution in [1.29, 1.82) is 0 Å². The van der Waals surface area contributed by atoms with Gasteiger partial charge in [0.15, 0.2) is 0 Å². The van der Waals surface area contributed by atoms with Crippen LogP contribution in [0.15, 0.2) is 84.8 Å². The van der Waals surface area contributed by atoms with E-state index in [4.69, 9.17) is 24.7 Å². The van der Waals surface area contributed by atoms with Crippen LogP contribution < -0.4 is 26.0 Å². The van der Waals surface area contributed by atoms with Crippen LogP contribution in [0, 0.1) is 12.3 Å². The summed E-state index contributed by atoms with van der Waals surface area (Å²) < 4.78 is 67.1. The summed E-state index contributed by atoms with van der Waals surface area (Å²) in [5.41, 5.74) is 14.8. The molecule has 5 N–H and O–H groups in total. The van der Waals surface area contributed by atoms with Gasteiger partial charge < -0.3 is 59.5 Å². The number of nitrogens with zero attached hydrogens (tertiary/aromatic N) is 6. The van der Waals surface area contributed by atoms with E-state index in [0.29, 0.717) is 75.0 Å². The summed E-state index contributed by atoms with van der Waals surface area (Å²) in [6, 6.07) is 16.8. The second-order valence-electron chi connectivity index (χ2n) is 20.8. The number of β-amino-alcohol motifs (C(OH)–C–C–N with tert-alkyl or cyclic N) is 1. The maximum Gasteiger partial charge on any atom is 0.573 e. The maximum absolute atomic E-state index is 14.1. The molecule has 428 valence electrons. The highest BCUT2D eigenvalue weighted by Crippen LogP contribution is 2.38. The monoisotopic (exact) mass is 1130 g/mol. The minimum Gasteiger partial charge on any atom is -0.406 e. The highest BCUT2D eigenvalue weighted by Gasteiger charge is 2.45. The van der Waals surface area contributed by atoms with Crippen molar-refractivity contribution in [2.24, 2.45) is 5.41 Å². The van der Waals surface area contributed by atoms with Crippen molar-refractivity contribution in [3.05, 3.63) is 107 Å². The first-order valence-corrected chi connectivity index (χ1v) is 27.4. The van der Waals surface area contributed by atoms with Gasteiger partial charge in [-0.2, -0.15) is 0 Å². The van der Waals surface area contributed by atoms with Crippen molar-refractivity contribution in [3.8, 4) is 27.3 Å². The Kier molecular flexibility index (Phi) is 19.6. The van der Waals surface area contributed by atoms with Gasteiger partial charge in [0.1, 0.15) is 35.6 Å². The number of aryl methyl sites for hydroxylation is 1. The molecule has 6 aromatic rings. The quantitative estimate of drug-likeness (QED) is 0.0424. The SMILES string of the molecule is Cc1ncsc1-c1ccc([C@H](C)NC(=O)[C@@H]2C[C@@H](O)CN2C(=O)[C@@H](NC(=O)CCOCCOCCOCCOCCn2cc(-c3ccc4c(c3)CCN4C(=O)Cc3cccc(OC(F)(F)F)c3)c3c(N)ncnc32)C(C)(C)C)cc1. The average Bonchev–Trinajstić information content (AvgIpc) is 4.22. The number of amides is 4. The predicted octanol–water partition coefficient (Wildman–Crippen LogP) is 6.97. The number of carbonyl (C=O) groups is 4. The number of aliphatic hydroxyl groups is 1. The standard InChI is InChI=1S/C57H68F3N9O10S/c1-35(38-9-11-39(12-10-38)50-36(2)64-34-80-50)65-54(73)46-30-42(70)31-69(46)55(74)51(56(3,4)5)66-47(71)16-19-75-21-23-77-25-26-78-24-22-76-20-18-67-32-44(49-52(61)62-33-63-53(49)67)40-13-14-45-41(29-40)15-17-68(45)48(72)28-37-7-6-8-43(27-37)79-57(58,59)60/h6-14,27,29,32-35,42,46,51,70H,15-26,28,30-31H2,1-5H3,(H,65,73)(H,66,71)(H2,61,62,63)/t35-,42+,46-,51+/m0/s1. The first kappa shape index (κ1) is 59.1. The van der Waals surface area contributed by atoms with Crippen LogP contribution in [0.1, 0.15) is 69.0 Å². The van der Waals surface area contributed by atoms with Crippen molar-refractivity contribution in [2.45, 2.75) is 97.4 Å². The van der Waals surface area contributed by atoms with E-state index in [0.717, 1.165) is 44.1 Å². The van der Waals surface area contributed by atoms with Gasteiger partial charge in [-0.05, 0) is 77.8 Å². The summed E-state index contributed by atoms with van der Waals surface area (Å²) in [7, 11) is 0. The molecule has 0 spiro atoms. The Labute approximate surface area is 465 Å². The third kappa shape index (κ3) is 15.2. The molecule has 80 heavy (non-hydrogen) atoms. The molecule has 23 heteroatoms. The molecule has 3 aromatic carbocycles. The van der Waals surface area contributed by atoms with Crippen LogP contribution in [0.25, 0.3) is 32.6 Å². The van der Waals surface area contributed by atoms with E-state index in [-0.39, 0.29) is 75.1 Å². The summed E-state index contributed by atoms with van der Waals surface area (Å²) in [4.78, 5) is 71.4. The third-order valence-corrected chi connectivity index (χ3v) is 14.9. The van der Waals surface area contributed by atoms with Crippen molar-refractivity contribution < 1.29 is 61.1 Å². The third-order valence-electron chi connectivity index (χ3n) is 13.9. The van der Waals surface area contributed by atoms with Crippen LogP contribution in [-0.4, -0.2) is 144 Å². The first-order valence-electron chi connectivity index (χ1n) is 26.5. The van der Waals surface area contributed by atoms with E-state index in [1.807, 2.05) is 87.8 Å². The zero-order chi connectivity index (χ0) is 57.1. The van der Waals surface area contributed by atoms with Crippen LogP contribution in [0.3, 0.4) is 0 Å². The van der Waals surface area contributed by atoms with E-state index in [1.54, 1.807) is 27.8 Å². The summed E-state index contributed by atoms with van der Waals surface area (Å²) in [6.45, 7) is 12.5. The average molecular weight is 1130 g/mol. The molecule has 3 aromatic heterocycles. The first-order chi connectivity index (χ1) is 38.2. The van der Waals surface area contributed by atoms with Gasteiger partial charge in [0.05, 0.1) is 92.9 Å². The van der Waals surface area contributed by atoms with Crippen LogP contribution in [0.4, 0.5) is 24.7 Å². The Morgan fingerprint density at radius 3 is 2.23 bits per heavy atom. The van der Waals surface area contributed by atoms with Gasteiger partial charge in [-0.1, -0.05) is 63.2 Å². The molecular weight excluding hydrogens is 1060 g/mol. The van der Waals surface area contributed by atoms with E-state index >= 15 is 0 Å². The number of aromatic nitrogens is 4. The zero-order valence-corrected chi connectivity index (χ0v) is 46.2. The fourth-order valence-corrected chi connectivity index (χ4v) is 10.6. The van der Waals surface area contributed by atoms with Crippen molar-refractivity contribution >= 4 is 57.5 Å². The molecule has 0 radical (unpaired) electrons. The molecule has 1 saturated heterocycles. The van der Waals surface area contributed by atoms with Gasteiger partial charge in [-0.25, -0.2) is 15.0 Å². The van der Waals surface area contributed by atoms with Crippen LogP contribution in [0.2, 0.25) is 0 Å². The number of aliphatic hydroxyl groups excluding tert-OH is 1. The number of nitrogens with two attached hydrogens (primary N) is 1. The Bertz CT molecular complexity index is 3110. The fraction of sp³-hybridized carbons (Fsp3) is 0.456. The van der Waals surface area contributed by atoms with Gasteiger partial charge in [-0.15, -0.1) is 24.5 Å². The minimum atomic E-state index is -4.83. The zero-order valence-electron chi connectivity index (χ0n) is 45.4. The molecule has 2 aliphatic rings. The van der Waals surface area contributed by atoms with Crippen molar-refractivity contribution in [1.82, 2.24) is 35.1 Å². The number of hydrogen-bond acceptors (Lipinski definition) is 15. The normalized spacial score (nSPS) is 16.2. The number of anilines is 2. The molecule has 4 amide bonds. The molecule has 2 aliphatic heterocycles. The number of thiazole rings is 1. The van der Waals surface area contributed by atoms with Crippen molar-refractivity contribution in [3.63, 3.8) is 0 Å². The number of hydrogen-bond donors (Lipinski definition) is 4. The number of rotatable bonds is 25. The Balaban J connectivity index is 0.704. The number of nitrogens with one attached hydrogen (secondary N) is 2. The number of likely N-dealkylation sites (tertiary alicyclic amines) is 1. The van der Waals surface area contributed by atoms with Crippen molar-refractivity contribution in [2.75, 3.05) is 76.6 Å². The number of ether oxygens (including phenoxy) is 5. The summed E-state index contributed by atoms with van der Waals surface area (Å²) in [5.74, 6) is -1.52. The molecule has 19 nitrogen and oxygen atoms in total. The van der Waals surface area contributed by atoms with Crippen LogP contribution >= 0.6 is 11.3 Å². The lowest BCUT2D eigenvalue weighted by atomic mass is 9.85. The second kappa shape index (κ2) is 26.5. The highest BCUT2D eigenvalue weighted by atomic mass is 32.1. The van der Waals surface area contributed by atoms with E-state index < -0.39 is 35.9 Å². The van der Waals surface area contributed by atoms with Gasteiger partial charge in [0.25, 0.3) is 0 Å². The van der Waals surface area contributed by atoms with Crippen LogP contribution in [0.5, 0.6) is 5.75 Å². The van der Waals surface area contributed by atoms with Gasteiger partial charge in [0.2, 0.25) is 23.6 Å². The molecule has 0 bridgehead atoms. The van der Waals surface area contributed by atoms with Gasteiger partial charge in [-0.3, -0.25) is 19.2 Å². The second-order valence-corrected chi connectivity index (χ2v) is 21.6. The predicted molar refractivity (Wildman–Crippen MR) is 295 cm³/mol. The topological polar surface area (TPSA) is 235 Å². The molecule has 5 heterocycles. The van der Waals surface area contributed by atoms with Gasteiger partial charge in [0, 0.05) is 49.9 Å². The summed E-state index contributed by atoms with van der Waals surface area (Å²) in [6.07, 6.45) is -1.80. The number of nitrogen functional groups attached to an aromatic ring is 1. The van der Waals surface area contributed by atoms with Gasteiger partial charge >= 0.3 is 6.36 Å². The lowest BCUT2D eigenvalue weighted by molar-refractivity contribution is -0.274. The molecule has 0 unspecified atom stereocenters. The number of carbonyl (C=O) groups excluding carboxylic acids is 4. The molecule has 8 rings (SSSR count). The molecule has 1 fully saturated rings.